The fraction of sp³-hybridized carbons (Fsp3) is 0.500. The third-order valence-electron chi connectivity index (χ3n) is 5.55. The van der Waals surface area contributed by atoms with Gasteiger partial charge in [-0.25, -0.2) is 13.4 Å². The smallest absolute Gasteiger partial charge is 0.244 e. The van der Waals surface area contributed by atoms with Gasteiger partial charge in [-0.15, -0.1) is 11.3 Å². The molecular weight excluding hydrogens is 394 g/mol. The fourth-order valence-corrected chi connectivity index (χ4v) is 6.75. The molecule has 8 heteroatoms. The summed E-state index contributed by atoms with van der Waals surface area (Å²) in [6.45, 7) is 4.50. The molecule has 2 atom stereocenters. The van der Waals surface area contributed by atoms with Crippen LogP contribution >= 0.6 is 11.3 Å². The van der Waals surface area contributed by atoms with E-state index in [1.807, 2.05) is 6.92 Å². The second-order valence-corrected chi connectivity index (χ2v) is 10.8. The van der Waals surface area contributed by atoms with Crippen LogP contribution in [0.2, 0.25) is 0 Å². The van der Waals surface area contributed by atoms with E-state index in [9.17, 15) is 13.2 Å². The number of nitrogens with zero attached hydrogens (tertiary/aromatic N) is 2. The molecule has 6 nitrogen and oxygen atoms in total. The molecule has 0 saturated carbocycles. The maximum atomic E-state index is 13.0. The van der Waals surface area contributed by atoms with Gasteiger partial charge in [0.25, 0.3) is 0 Å². The topological polar surface area (TPSA) is 79.4 Å². The molecule has 150 valence electrons. The number of amides is 1. The quantitative estimate of drug-likeness (QED) is 0.824. The van der Waals surface area contributed by atoms with Crippen LogP contribution in [0.4, 0.5) is 5.13 Å². The van der Waals surface area contributed by atoms with Crippen molar-refractivity contribution in [3.8, 4) is 0 Å². The molecule has 2 unspecified atom stereocenters. The molecule has 1 aliphatic heterocycles. The standard InChI is InChI=1S/C20H25N3O3S2/c1-13-5-8-15(9-6-13)28(25,26)23-11-3-4-17(23)19(24)22-20-21-16-10-7-14(2)12-18(16)27-20/h5-6,8-9,14,17H,3-4,7,10-12H2,1-2H3,(H,21,22,24). The first-order valence-corrected chi connectivity index (χ1v) is 12.0. The lowest BCUT2D eigenvalue weighted by molar-refractivity contribution is -0.119. The van der Waals surface area contributed by atoms with E-state index in [0.29, 0.717) is 30.4 Å². The molecular formula is C20H25N3O3S2. The number of thiazole rings is 1. The molecule has 1 aliphatic carbocycles. The van der Waals surface area contributed by atoms with Crippen molar-refractivity contribution in [2.24, 2.45) is 5.92 Å². The van der Waals surface area contributed by atoms with E-state index in [-0.39, 0.29) is 10.8 Å². The molecule has 0 radical (unpaired) electrons. The van der Waals surface area contributed by atoms with E-state index in [1.165, 1.54) is 20.5 Å². The summed E-state index contributed by atoms with van der Waals surface area (Å²) >= 11 is 1.52. The first-order valence-electron chi connectivity index (χ1n) is 9.72. The molecule has 2 aliphatic rings. The van der Waals surface area contributed by atoms with Crippen molar-refractivity contribution >= 4 is 32.4 Å². The van der Waals surface area contributed by atoms with Crippen molar-refractivity contribution in [3.05, 3.63) is 40.4 Å². The van der Waals surface area contributed by atoms with Crippen LogP contribution in [0.25, 0.3) is 0 Å². The first kappa shape index (κ1) is 19.5. The van der Waals surface area contributed by atoms with Crippen molar-refractivity contribution in [1.82, 2.24) is 9.29 Å². The van der Waals surface area contributed by atoms with Gasteiger partial charge in [-0.3, -0.25) is 4.79 Å². The number of aryl methyl sites for hydroxylation is 2. The SMILES string of the molecule is Cc1ccc(S(=O)(=O)N2CCCC2C(=O)Nc2nc3c(s2)CC(C)CC3)cc1. The Labute approximate surface area is 170 Å². The number of nitrogens with one attached hydrogen (secondary N) is 1. The van der Waals surface area contributed by atoms with Gasteiger partial charge in [0.1, 0.15) is 6.04 Å². The summed E-state index contributed by atoms with van der Waals surface area (Å²) in [7, 11) is -3.70. The number of rotatable bonds is 4. The lowest BCUT2D eigenvalue weighted by Gasteiger charge is -2.23. The van der Waals surface area contributed by atoms with Crippen LogP contribution in [0.5, 0.6) is 0 Å². The highest BCUT2D eigenvalue weighted by atomic mass is 32.2. The zero-order chi connectivity index (χ0) is 19.9. The number of carbonyl (C=O) groups is 1. The molecule has 2 aromatic rings. The van der Waals surface area contributed by atoms with E-state index >= 15 is 0 Å². The zero-order valence-corrected chi connectivity index (χ0v) is 17.8. The van der Waals surface area contributed by atoms with Crippen molar-refractivity contribution in [1.29, 1.82) is 0 Å². The predicted molar refractivity (Wildman–Crippen MR) is 110 cm³/mol. The van der Waals surface area contributed by atoms with E-state index < -0.39 is 16.1 Å². The van der Waals surface area contributed by atoms with E-state index in [2.05, 4.69) is 17.2 Å². The van der Waals surface area contributed by atoms with Crippen LogP contribution in [0.3, 0.4) is 0 Å². The zero-order valence-electron chi connectivity index (χ0n) is 16.1. The fourth-order valence-electron chi connectivity index (χ4n) is 3.92. The monoisotopic (exact) mass is 419 g/mol. The van der Waals surface area contributed by atoms with Crippen molar-refractivity contribution in [2.75, 3.05) is 11.9 Å². The highest BCUT2D eigenvalue weighted by Gasteiger charge is 2.39. The van der Waals surface area contributed by atoms with Crippen LogP contribution in [0, 0.1) is 12.8 Å². The molecule has 28 heavy (non-hydrogen) atoms. The van der Waals surface area contributed by atoms with Crippen LogP contribution in [-0.4, -0.2) is 36.2 Å². The second kappa shape index (κ2) is 7.57. The van der Waals surface area contributed by atoms with E-state index in [4.69, 9.17) is 0 Å². The number of carbonyl (C=O) groups excluding carboxylic acids is 1. The number of hydrogen-bond acceptors (Lipinski definition) is 5. The Kier molecular flexibility index (Phi) is 5.28. The summed E-state index contributed by atoms with van der Waals surface area (Å²) in [5.74, 6) is 0.355. The largest absolute Gasteiger partial charge is 0.301 e. The summed E-state index contributed by atoms with van der Waals surface area (Å²) in [6, 6.07) is 6.08. The predicted octanol–water partition coefficient (Wildman–Crippen LogP) is 3.37. The average Bonchev–Trinajstić information content (AvgIpc) is 3.28. The van der Waals surface area contributed by atoms with Gasteiger partial charge in [-0.2, -0.15) is 4.31 Å². The third-order valence-corrected chi connectivity index (χ3v) is 8.51. The third kappa shape index (κ3) is 3.73. The maximum Gasteiger partial charge on any atom is 0.244 e. The summed E-state index contributed by atoms with van der Waals surface area (Å²) in [5.41, 5.74) is 2.07. The molecule has 1 aromatic heterocycles. The molecule has 1 aromatic carbocycles. The Bertz CT molecular complexity index is 983. The van der Waals surface area contributed by atoms with Gasteiger partial charge in [-0.05, 0) is 57.1 Å². The number of aromatic nitrogens is 1. The normalized spacial score (nSPS) is 22.8. The van der Waals surface area contributed by atoms with Gasteiger partial charge >= 0.3 is 0 Å². The van der Waals surface area contributed by atoms with Crippen LogP contribution < -0.4 is 5.32 Å². The lowest BCUT2D eigenvalue weighted by atomic mass is 9.93. The Morgan fingerprint density at radius 1 is 1.25 bits per heavy atom. The summed E-state index contributed by atoms with van der Waals surface area (Å²) in [4.78, 5) is 18.9. The highest BCUT2D eigenvalue weighted by molar-refractivity contribution is 7.89. The maximum absolute atomic E-state index is 13.0. The Morgan fingerprint density at radius 2 is 2.00 bits per heavy atom. The van der Waals surface area contributed by atoms with Gasteiger partial charge in [0, 0.05) is 11.4 Å². The highest BCUT2D eigenvalue weighted by Crippen LogP contribution is 2.33. The van der Waals surface area contributed by atoms with E-state index in [1.54, 1.807) is 24.3 Å². The van der Waals surface area contributed by atoms with Gasteiger partial charge in [0.05, 0.1) is 10.6 Å². The molecule has 1 N–H and O–H groups in total. The van der Waals surface area contributed by atoms with Crippen LogP contribution in [-0.2, 0) is 27.7 Å². The molecule has 4 rings (SSSR count). The van der Waals surface area contributed by atoms with Crippen molar-refractivity contribution in [3.63, 3.8) is 0 Å². The van der Waals surface area contributed by atoms with Gasteiger partial charge in [0.2, 0.25) is 15.9 Å². The minimum absolute atomic E-state index is 0.233. The minimum atomic E-state index is -3.70. The first-order chi connectivity index (χ1) is 13.3. The van der Waals surface area contributed by atoms with Gasteiger partial charge in [-0.1, -0.05) is 24.6 Å². The number of anilines is 1. The van der Waals surface area contributed by atoms with Crippen molar-refractivity contribution < 1.29 is 13.2 Å². The summed E-state index contributed by atoms with van der Waals surface area (Å²) in [5, 5.41) is 3.47. The van der Waals surface area contributed by atoms with Crippen LogP contribution in [0.1, 0.15) is 42.3 Å². The molecule has 0 bridgehead atoms. The summed E-state index contributed by atoms with van der Waals surface area (Å²) in [6.07, 6.45) is 4.27. The summed E-state index contributed by atoms with van der Waals surface area (Å²) < 4.78 is 27.4. The molecule has 1 saturated heterocycles. The van der Waals surface area contributed by atoms with Crippen molar-refractivity contribution in [2.45, 2.75) is 56.9 Å². The number of fused-ring (bicyclic) bond motifs is 1. The number of benzene rings is 1. The van der Waals surface area contributed by atoms with E-state index in [0.717, 1.165) is 30.5 Å². The molecule has 0 spiro atoms. The average molecular weight is 420 g/mol. The molecule has 1 amide bonds. The number of hydrogen-bond donors (Lipinski definition) is 1. The van der Waals surface area contributed by atoms with Gasteiger partial charge in [0.15, 0.2) is 5.13 Å². The number of sulfonamides is 1. The minimum Gasteiger partial charge on any atom is -0.301 e. The Balaban J connectivity index is 1.52. The van der Waals surface area contributed by atoms with Crippen LogP contribution in [0.15, 0.2) is 29.2 Å². The second-order valence-electron chi connectivity index (χ2n) is 7.81. The molecule has 1 fully saturated rings. The van der Waals surface area contributed by atoms with Gasteiger partial charge < -0.3 is 5.32 Å². The lowest BCUT2D eigenvalue weighted by Crippen LogP contribution is -2.43. The Hall–Kier alpha value is -1.77. The Morgan fingerprint density at radius 3 is 2.75 bits per heavy atom. The molecule has 2 heterocycles.